The minimum absolute atomic E-state index is 0.0193. The van der Waals surface area contributed by atoms with Crippen LogP contribution in [0.15, 0.2) is 48.5 Å². The maximum Gasteiger partial charge on any atom is 0.272 e. The van der Waals surface area contributed by atoms with E-state index in [1.807, 2.05) is 30.3 Å². The van der Waals surface area contributed by atoms with Crippen LogP contribution in [0.3, 0.4) is 0 Å². The molecule has 5 heteroatoms. The summed E-state index contributed by atoms with van der Waals surface area (Å²) in [4.78, 5) is 10.6. The minimum atomic E-state index is -0.379. The zero-order valence-corrected chi connectivity index (χ0v) is 12.3. The predicted molar refractivity (Wildman–Crippen MR) is 79.9 cm³/mol. The molecule has 0 N–H and O–H groups in total. The van der Waals surface area contributed by atoms with Crippen LogP contribution in [0.2, 0.25) is 5.02 Å². The van der Waals surface area contributed by atoms with Crippen molar-refractivity contribution in [2.75, 3.05) is 0 Å². The van der Waals surface area contributed by atoms with Gasteiger partial charge in [-0.05, 0) is 24.1 Å². The molecule has 0 fully saturated rings. The number of hydrogen-bond donors (Lipinski definition) is 0. The van der Waals surface area contributed by atoms with Crippen LogP contribution in [0.4, 0.5) is 5.69 Å². The van der Waals surface area contributed by atoms with Crippen molar-refractivity contribution in [1.82, 2.24) is 0 Å². The average Bonchev–Trinajstić information content (AvgIpc) is 2.39. The van der Waals surface area contributed by atoms with Gasteiger partial charge in [-0.25, -0.2) is 0 Å². The number of nitro benzene ring substituents is 1. The topological polar surface area (TPSA) is 43.1 Å². The van der Waals surface area contributed by atoms with Crippen LogP contribution in [0, 0.1) is 10.1 Å². The van der Waals surface area contributed by atoms with Crippen LogP contribution >= 0.6 is 27.5 Å². The monoisotopic (exact) mass is 339 g/mol. The van der Waals surface area contributed by atoms with Crippen LogP contribution in [0.1, 0.15) is 16.0 Å². The van der Waals surface area contributed by atoms with Gasteiger partial charge in [0.25, 0.3) is 5.69 Å². The highest BCUT2D eigenvalue weighted by Crippen LogP contribution is 2.32. The fourth-order valence-electron chi connectivity index (χ4n) is 1.87. The van der Waals surface area contributed by atoms with Gasteiger partial charge in [-0.2, -0.15) is 0 Å². The third kappa shape index (κ3) is 3.55. The van der Waals surface area contributed by atoms with E-state index in [2.05, 4.69) is 15.9 Å². The molecule has 0 heterocycles. The van der Waals surface area contributed by atoms with E-state index in [0.717, 1.165) is 5.56 Å². The largest absolute Gasteiger partial charge is 0.272 e. The van der Waals surface area contributed by atoms with Gasteiger partial charge in [0.15, 0.2) is 0 Å². The summed E-state index contributed by atoms with van der Waals surface area (Å²) in [6.07, 6.45) is 0.515. The van der Waals surface area contributed by atoms with Crippen molar-refractivity contribution in [1.29, 1.82) is 0 Å². The van der Waals surface area contributed by atoms with Crippen molar-refractivity contribution in [2.24, 2.45) is 0 Å². The molecule has 19 heavy (non-hydrogen) atoms. The Kier molecular flexibility index (Phi) is 4.56. The summed E-state index contributed by atoms with van der Waals surface area (Å²) in [7, 11) is 0. The molecule has 0 saturated carbocycles. The smallest absolute Gasteiger partial charge is 0.258 e. The molecule has 0 aliphatic carbocycles. The van der Waals surface area contributed by atoms with Gasteiger partial charge in [0.1, 0.15) is 0 Å². The third-order valence-electron chi connectivity index (χ3n) is 2.80. The van der Waals surface area contributed by atoms with Crippen molar-refractivity contribution in [3.63, 3.8) is 0 Å². The van der Waals surface area contributed by atoms with Crippen LogP contribution in [-0.2, 0) is 6.42 Å². The summed E-state index contributed by atoms with van der Waals surface area (Å²) in [5.41, 5.74) is 1.81. The third-order valence-corrected chi connectivity index (χ3v) is 3.89. The maximum absolute atomic E-state index is 11.0. The standard InChI is InChI=1S/C14H11BrClNO2/c15-13(10-4-2-1-3-5-10)9-11-8-12(16)6-7-14(11)17(18)19/h1-8,13H,9H2. The number of benzene rings is 2. The number of nitro groups is 1. The van der Waals surface area contributed by atoms with Gasteiger partial charge in [0, 0.05) is 21.5 Å². The second-order valence-corrected chi connectivity index (χ2v) is 5.65. The van der Waals surface area contributed by atoms with Gasteiger partial charge in [0.2, 0.25) is 0 Å². The second-order valence-electron chi connectivity index (χ2n) is 4.11. The molecule has 0 saturated heterocycles. The molecule has 1 atom stereocenters. The van der Waals surface area contributed by atoms with Gasteiger partial charge in [-0.3, -0.25) is 10.1 Å². The predicted octanol–water partition coefficient (Wildman–Crippen LogP) is 4.93. The summed E-state index contributed by atoms with van der Waals surface area (Å²) >= 11 is 9.48. The Hall–Kier alpha value is -1.39. The molecule has 2 aromatic carbocycles. The van der Waals surface area contributed by atoms with Gasteiger partial charge in [-0.1, -0.05) is 57.9 Å². The van der Waals surface area contributed by atoms with Crippen molar-refractivity contribution in [3.8, 4) is 0 Å². The van der Waals surface area contributed by atoms with Crippen molar-refractivity contribution < 1.29 is 4.92 Å². The molecule has 0 spiro atoms. The summed E-state index contributed by atoms with van der Waals surface area (Å²) < 4.78 is 0. The zero-order chi connectivity index (χ0) is 13.8. The quantitative estimate of drug-likeness (QED) is 0.450. The van der Waals surface area contributed by atoms with E-state index in [1.54, 1.807) is 6.07 Å². The highest BCUT2D eigenvalue weighted by molar-refractivity contribution is 9.09. The SMILES string of the molecule is O=[N+]([O-])c1ccc(Cl)cc1CC(Br)c1ccccc1. The Labute approximate surface area is 124 Å². The molecule has 0 radical (unpaired) electrons. The zero-order valence-electron chi connectivity index (χ0n) is 9.92. The lowest BCUT2D eigenvalue weighted by molar-refractivity contribution is -0.385. The van der Waals surface area contributed by atoms with Gasteiger partial charge < -0.3 is 0 Å². The molecule has 3 nitrogen and oxygen atoms in total. The van der Waals surface area contributed by atoms with E-state index in [1.165, 1.54) is 12.1 Å². The lowest BCUT2D eigenvalue weighted by Crippen LogP contribution is -2.00. The van der Waals surface area contributed by atoms with Crippen LogP contribution in [0.25, 0.3) is 0 Å². The number of nitrogens with zero attached hydrogens (tertiary/aromatic N) is 1. The Morgan fingerprint density at radius 1 is 1.21 bits per heavy atom. The fraction of sp³-hybridized carbons (Fsp3) is 0.143. The Balaban J connectivity index is 2.28. The minimum Gasteiger partial charge on any atom is -0.258 e. The highest BCUT2D eigenvalue weighted by atomic mass is 79.9. The van der Waals surface area contributed by atoms with E-state index in [4.69, 9.17) is 11.6 Å². The van der Waals surface area contributed by atoms with Gasteiger partial charge in [0.05, 0.1) is 4.92 Å². The molecule has 0 aliphatic rings. The Morgan fingerprint density at radius 3 is 2.53 bits per heavy atom. The molecule has 98 valence electrons. The number of hydrogen-bond acceptors (Lipinski definition) is 2. The van der Waals surface area contributed by atoms with Crippen molar-refractivity contribution in [3.05, 3.63) is 74.8 Å². The van der Waals surface area contributed by atoms with E-state index in [0.29, 0.717) is 17.0 Å². The molecule has 0 aromatic heterocycles. The Bertz CT molecular complexity index is 589. The van der Waals surface area contributed by atoms with Gasteiger partial charge in [-0.15, -0.1) is 0 Å². The lowest BCUT2D eigenvalue weighted by Gasteiger charge is -2.10. The van der Waals surface area contributed by atoms with E-state index in [-0.39, 0.29) is 15.4 Å². The first kappa shape index (κ1) is 14.0. The number of rotatable bonds is 4. The summed E-state index contributed by atoms with van der Waals surface area (Å²) in [5.74, 6) is 0. The Morgan fingerprint density at radius 2 is 1.89 bits per heavy atom. The van der Waals surface area contributed by atoms with Crippen LogP contribution in [0.5, 0.6) is 0 Å². The molecular formula is C14H11BrClNO2. The lowest BCUT2D eigenvalue weighted by atomic mass is 10.0. The first-order chi connectivity index (χ1) is 9.08. The number of alkyl halides is 1. The molecule has 0 aliphatic heterocycles. The van der Waals surface area contributed by atoms with Gasteiger partial charge >= 0.3 is 0 Å². The molecule has 2 aromatic rings. The van der Waals surface area contributed by atoms with Crippen LogP contribution in [-0.4, -0.2) is 4.92 Å². The molecule has 2 rings (SSSR count). The van der Waals surface area contributed by atoms with Crippen LogP contribution < -0.4 is 0 Å². The first-order valence-corrected chi connectivity index (χ1v) is 6.99. The molecule has 0 bridgehead atoms. The second kappa shape index (κ2) is 6.17. The summed E-state index contributed by atoms with van der Waals surface area (Å²) in [6, 6.07) is 14.4. The number of halogens is 2. The molecule has 1 unspecified atom stereocenters. The van der Waals surface area contributed by atoms with E-state index >= 15 is 0 Å². The van der Waals surface area contributed by atoms with E-state index < -0.39 is 0 Å². The normalized spacial score (nSPS) is 12.1. The van der Waals surface area contributed by atoms with E-state index in [9.17, 15) is 10.1 Å². The maximum atomic E-state index is 11.0. The van der Waals surface area contributed by atoms with Crippen molar-refractivity contribution >= 4 is 33.2 Å². The molecule has 0 amide bonds. The average molecular weight is 341 g/mol. The van der Waals surface area contributed by atoms with Crippen molar-refractivity contribution in [2.45, 2.75) is 11.2 Å². The molecular weight excluding hydrogens is 330 g/mol. The highest BCUT2D eigenvalue weighted by Gasteiger charge is 2.17. The summed E-state index contributed by atoms with van der Waals surface area (Å²) in [5, 5.41) is 11.5. The fourth-order valence-corrected chi connectivity index (χ4v) is 2.72. The summed E-state index contributed by atoms with van der Waals surface area (Å²) in [6.45, 7) is 0. The first-order valence-electron chi connectivity index (χ1n) is 5.70.